The molecule has 0 fully saturated rings. The summed E-state index contributed by atoms with van der Waals surface area (Å²) in [6.45, 7) is 2.70. The number of hydrogen-bond donors (Lipinski definition) is 1. The van der Waals surface area contributed by atoms with Crippen LogP contribution < -0.4 is 5.32 Å². The summed E-state index contributed by atoms with van der Waals surface area (Å²) in [5.41, 5.74) is 1.89. The molecular formula is C11H15N5O. The molecule has 1 aromatic carbocycles. The summed E-state index contributed by atoms with van der Waals surface area (Å²) >= 11 is 0. The van der Waals surface area contributed by atoms with Crippen molar-refractivity contribution in [1.29, 1.82) is 0 Å². The SMILES string of the molecule is COCC(C)Nc1ccccc1-n1cnnn1. The molecule has 0 aliphatic heterocycles. The molecule has 90 valence electrons. The summed E-state index contributed by atoms with van der Waals surface area (Å²) in [6.07, 6.45) is 1.57. The fourth-order valence-corrected chi connectivity index (χ4v) is 1.62. The number of rotatable bonds is 5. The van der Waals surface area contributed by atoms with Gasteiger partial charge in [-0.05, 0) is 29.5 Å². The fraction of sp³-hybridized carbons (Fsp3) is 0.364. The molecule has 0 radical (unpaired) electrons. The Labute approximate surface area is 99.6 Å². The van der Waals surface area contributed by atoms with Gasteiger partial charge in [0, 0.05) is 13.2 Å². The Morgan fingerprint density at radius 3 is 2.94 bits per heavy atom. The summed E-state index contributed by atoms with van der Waals surface area (Å²) < 4.78 is 6.72. The van der Waals surface area contributed by atoms with Crippen LogP contribution in [-0.2, 0) is 4.74 Å². The smallest absolute Gasteiger partial charge is 0.143 e. The van der Waals surface area contributed by atoms with Crippen LogP contribution in [0.25, 0.3) is 5.69 Å². The van der Waals surface area contributed by atoms with E-state index in [0.29, 0.717) is 6.61 Å². The van der Waals surface area contributed by atoms with Gasteiger partial charge in [0.15, 0.2) is 0 Å². The molecule has 0 aliphatic rings. The van der Waals surface area contributed by atoms with E-state index in [1.807, 2.05) is 24.3 Å². The van der Waals surface area contributed by atoms with Crippen molar-refractivity contribution in [1.82, 2.24) is 20.2 Å². The second kappa shape index (κ2) is 5.40. The predicted octanol–water partition coefficient (Wildman–Crippen LogP) is 1.11. The van der Waals surface area contributed by atoms with Crippen molar-refractivity contribution < 1.29 is 4.74 Å². The highest BCUT2D eigenvalue weighted by Crippen LogP contribution is 2.19. The van der Waals surface area contributed by atoms with Crippen molar-refractivity contribution in [3.63, 3.8) is 0 Å². The molecule has 0 saturated carbocycles. The minimum absolute atomic E-state index is 0.220. The zero-order valence-electron chi connectivity index (χ0n) is 9.87. The van der Waals surface area contributed by atoms with Crippen LogP contribution in [0.15, 0.2) is 30.6 Å². The minimum Gasteiger partial charge on any atom is -0.383 e. The quantitative estimate of drug-likeness (QED) is 0.838. The van der Waals surface area contributed by atoms with Gasteiger partial charge in [-0.3, -0.25) is 0 Å². The summed E-state index contributed by atoms with van der Waals surface area (Å²) in [7, 11) is 1.69. The van der Waals surface area contributed by atoms with Crippen molar-refractivity contribution in [2.24, 2.45) is 0 Å². The summed E-state index contributed by atoms with van der Waals surface area (Å²) in [5.74, 6) is 0. The van der Waals surface area contributed by atoms with E-state index in [0.717, 1.165) is 11.4 Å². The zero-order valence-corrected chi connectivity index (χ0v) is 9.87. The van der Waals surface area contributed by atoms with Crippen molar-refractivity contribution in [3.05, 3.63) is 30.6 Å². The fourth-order valence-electron chi connectivity index (χ4n) is 1.62. The van der Waals surface area contributed by atoms with Gasteiger partial charge >= 0.3 is 0 Å². The maximum Gasteiger partial charge on any atom is 0.143 e. The Bertz CT molecular complexity index is 457. The van der Waals surface area contributed by atoms with E-state index in [1.165, 1.54) is 0 Å². The van der Waals surface area contributed by atoms with Crippen LogP contribution in [0.1, 0.15) is 6.92 Å². The Balaban J connectivity index is 2.22. The third-order valence-corrected chi connectivity index (χ3v) is 2.32. The van der Waals surface area contributed by atoms with Gasteiger partial charge in [0.05, 0.1) is 18.0 Å². The monoisotopic (exact) mass is 233 g/mol. The first-order valence-corrected chi connectivity index (χ1v) is 5.39. The lowest BCUT2D eigenvalue weighted by Crippen LogP contribution is -2.21. The number of anilines is 1. The number of tetrazole rings is 1. The van der Waals surface area contributed by atoms with Crippen molar-refractivity contribution in [2.75, 3.05) is 19.0 Å². The van der Waals surface area contributed by atoms with E-state index in [9.17, 15) is 0 Å². The van der Waals surface area contributed by atoms with E-state index in [-0.39, 0.29) is 6.04 Å². The number of nitrogens with zero attached hydrogens (tertiary/aromatic N) is 4. The number of hydrogen-bond acceptors (Lipinski definition) is 5. The highest BCUT2D eigenvalue weighted by molar-refractivity contribution is 5.60. The lowest BCUT2D eigenvalue weighted by Gasteiger charge is -2.16. The standard InChI is InChI=1S/C11H15N5O/c1-9(7-17-2)13-10-5-3-4-6-11(10)16-8-12-14-15-16/h3-6,8-9,13H,7H2,1-2H3. The molecule has 17 heavy (non-hydrogen) atoms. The first kappa shape index (κ1) is 11.5. The number of aromatic nitrogens is 4. The molecule has 2 aromatic rings. The average molecular weight is 233 g/mol. The molecule has 6 nitrogen and oxygen atoms in total. The molecule has 1 heterocycles. The topological polar surface area (TPSA) is 64.9 Å². The Morgan fingerprint density at radius 1 is 1.41 bits per heavy atom. The molecule has 1 atom stereocenters. The molecule has 2 rings (SSSR count). The van der Waals surface area contributed by atoms with Crippen molar-refractivity contribution in [2.45, 2.75) is 13.0 Å². The van der Waals surface area contributed by atoms with Gasteiger partial charge in [-0.1, -0.05) is 12.1 Å². The number of methoxy groups -OCH3 is 1. The van der Waals surface area contributed by atoms with Crippen LogP contribution in [0.5, 0.6) is 0 Å². The highest BCUT2D eigenvalue weighted by atomic mass is 16.5. The molecule has 6 heteroatoms. The molecule has 0 amide bonds. The largest absolute Gasteiger partial charge is 0.383 e. The molecule has 0 spiro atoms. The number of nitrogens with one attached hydrogen (secondary N) is 1. The van der Waals surface area contributed by atoms with E-state index >= 15 is 0 Å². The number of para-hydroxylation sites is 2. The van der Waals surface area contributed by atoms with Gasteiger partial charge in [-0.15, -0.1) is 5.10 Å². The zero-order chi connectivity index (χ0) is 12.1. The predicted molar refractivity (Wildman–Crippen MR) is 64.1 cm³/mol. The van der Waals surface area contributed by atoms with Gasteiger partial charge in [-0.2, -0.15) is 4.68 Å². The lowest BCUT2D eigenvalue weighted by atomic mass is 10.2. The first-order valence-electron chi connectivity index (χ1n) is 5.39. The molecule has 1 N–H and O–H groups in total. The van der Waals surface area contributed by atoms with Crippen molar-refractivity contribution in [3.8, 4) is 5.69 Å². The van der Waals surface area contributed by atoms with Gasteiger partial charge in [0.25, 0.3) is 0 Å². The van der Waals surface area contributed by atoms with E-state index in [1.54, 1.807) is 18.1 Å². The lowest BCUT2D eigenvalue weighted by molar-refractivity contribution is 0.190. The third kappa shape index (κ3) is 2.79. The van der Waals surface area contributed by atoms with Crippen LogP contribution in [0.4, 0.5) is 5.69 Å². The second-order valence-corrected chi connectivity index (χ2v) is 3.77. The first-order chi connectivity index (χ1) is 8.31. The summed E-state index contributed by atoms with van der Waals surface area (Å²) in [6, 6.07) is 8.08. The minimum atomic E-state index is 0.220. The van der Waals surface area contributed by atoms with Crippen LogP contribution in [-0.4, -0.2) is 40.0 Å². The van der Waals surface area contributed by atoms with Crippen LogP contribution in [0.2, 0.25) is 0 Å². The normalized spacial score (nSPS) is 12.4. The summed E-state index contributed by atoms with van der Waals surface area (Å²) in [5, 5.41) is 14.5. The maximum atomic E-state index is 5.10. The third-order valence-electron chi connectivity index (χ3n) is 2.32. The van der Waals surface area contributed by atoms with Gasteiger partial charge in [-0.25, -0.2) is 0 Å². The number of ether oxygens (including phenoxy) is 1. The molecular weight excluding hydrogens is 218 g/mol. The highest BCUT2D eigenvalue weighted by Gasteiger charge is 2.07. The second-order valence-electron chi connectivity index (χ2n) is 3.77. The van der Waals surface area contributed by atoms with E-state index < -0.39 is 0 Å². The van der Waals surface area contributed by atoms with Crippen LogP contribution in [0.3, 0.4) is 0 Å². The Hall–Kier alpha value is -1.95. The van der Waals surface area contributed by atoms with Crippen LogP contribution in [0, 0.1) is 0 Å². The Morgan fingerprint density at radius 2 is 2.24 bits per heavy atom. The molecule has 1 aromatic heterocycles. The van der Waals surface area contributed by atoms with E-state index in [2.05, 4.69) is 27.8 Å². The van der Waals surface area contributed by atoms with Gasteiger partial charge in [0.2, 0.25) is 0 Å². The Kier molecular flexibility index (Phi) is 3.66. The van der Waals surface area contributed by atoms with Crippen molar-refractivity contribution >= 4 is 5.69 Å². The van der Waals surface area contributed by atoms with E-state index in [4.69, 9.17) is 4.74 Å². The average Bonchev–Trinajstić information content (AvgIpc) is 2.83. The summed E-state index contributed by atoms with van der Waals surface area (Å²) in [4.78, 5) is 0. The molecule has 0 bridgehead atoms. The van der Waals surface area contributed by atoms with Gasteiger partial charge < -0.3 is 10.1 Å². The van der Waals surface area contributed by atoms with Crippen LogP contribution >= 0.6 is 0 Å². The molecule has 1 unspecified atom stereocenters. The number of benzene rings is 1. The molecule has 0 saturated heterocycles. The molecule has 0 aliphatic carbocycles. The maximum absolute atomic E-state index is 5.10. The van der Waals surface area contributed by atoms with Gasteiger partial charge in [0.1, 0.15) is 6.33 Å².